The van der Waals surface area contributed by atoms with Crippen LogP contribution in [-0.4, -0.2) is 13.7 Å². The first-order valence-corrected chi connectivity index (χ1v) is 52.5. The van der Waals surface area contributed by atoms with E-state index in [1.165, 1.54) is 109 Å². The van der Waals surface area contributed by atoms with E-state index in [9.17, 15) is 0 Å². The molecule has 150 heavy (non-hydrogen) atoms. The Bertz CT molecular complexity index is 11400. The van der Waals surface area contributed by atoms with Crippen molar-refractivity contribution in [1.29, 1.82) is 0 Å². The van der Waals surface area contributed by atoms with E-state index in [2.05, 4.69) is 481 Å². The van der Waals surface area contributed by atoms with Crippen LogP contribution < -0.4 is 14.2 Å². The molecule has 9 heterocycles. The molecule has 0 N–H and O–H groups in total. The van der Waals surface area contributed by atoms with E-state index in [1.807, 2.05) is 11.3 Å². The monoisotopic (exact) mass is 1920 g/mol. The molecule has 0 saturated heterocycles. The van der Waals surface area contributed by atoms with Gasteiger partial charge in [-0.3, -0.25) is 0 Å². The van der Waals surface area contributed by atoms with Crippen LogP contribution in [0.2, 0.25) is 0 Å². The molecule has 30 aromatic rings. The van der Waals surface area contributed by atoms with Gasteiger partial charge in [0.25, 0.3) is 0 Å². The van der Waals surface area contributed by atoms with E-state index in [0.717, 1.165) is 227 Å². The van der Waals surface area contributed by atoms with Gasteiger partial charge in [0, 0.05) is 147 Å². The standard InChI is InChI=1S/C141H77N3O5S/c1-2-28-84-78(27-1)53-59-98-101-72-131-118(139(115-46-20-24-50-127(115)147-131)109-40-14-7-31-87(109)88-32-8-15-41-110(88)139)75-121(101)144(136(84)98)83-57-61-95-106-66-80(55-64-134(106)150-135(95)69-83)100-71-108-103-74-133-120(141(117-48-22-26-52-129(117)149-133)113-44-18-11-35-91(113)92-36-12-19-45-114(92)141)77-123(103)143(138(108)97-39-6-4-30-86(97)100)82-56-60-94-104-65-79(54-62-125(104)146-130(94)68-82)99-70-107-102-73-132-119(140(116-47-21-25-51-128(116)148-132)111-42-16-9-33-89(111)90-34-10-17-43-112(90)140)76-122(102)142(137(107)96-38-5-3-29-85(96)99)81-58-63-126-105(67-81)93-37-13-23-49-124(93)145-126/h1-77H. The third-order valence-electron chi connectivity index (χ3n) is 34.8. The number of para-hydroxylation sites is 4. The van der Waals surface area contributed by atoms with Crippen LogP contribution in [0.25, 0.3) is 234 Å². The highest BCUT2D eigenvalue weighted by atomic mass is 32.1. The normalized spacial score (nSPS) is 14.2. The summed E-state index contributed by atoms with van der Waals surface area (Å²) in [6.45, 7) is 0. The molecule has 3 aliphatic carbocycles. The van der Waals surface area contributed by atoms with Gasteiger partial charge in [-0.2, -0.15) is 0 Å². The van der Waals surface area contributed by atoms with Crippen molar-refractivity contribution in [1.82, 2.24) is 13.7 Å². The van der Waals surface area contributed by atoms with Gasteiger partial charge in [-0.15, -0.1) is 11.3 Å². The van der Waals surface area contributed by atoms with Gasteiger partial charge in [-0.25, -0.2) is 0 Å². The van der Waals surface area contributed by atoms with E-state index in [1.54, 1.807) is 0 Å². The van der Waals surface area contributed by atoms with Crippen LogP contribution >= 0.6 is 11.3 Å². The number of furan rings is 2. The minimum atomic E-state index is -0.738. The molecule has 0 fully saturated rings. The molecule has 6 aliphatic rings. The van der Waals surface area contributed by atoms with Gasteiger partial charge in [0.15, 0.2) is 0 Å². The van der Waals surface area contributed by atoms with E-state index < -0.39 is 16.2 Å². The molecule has 8 nitrogen and oxygen atoms in total. The highest BCUT2D eigenvalue weighted by Crippen LogP contribution is 2.68. The van der Waals surface area contributed by atoms with Gasteiger partial charge in [-0.1, -0.05) is 322 Å². The van der Waals surface area contributed by atoms with Crippen LogP contribution in [0.3, 0.4) is 0 Å². The Kier molecular flexibility index (Phi) is 15.3. The third kappa shape index (κ3) is 10.0. The van der Waals surface area contributed by atoms with Gasteiger partial charge in [0.2, 0.25) is 0 Å². The zero-order chi connectivity index (χ0) is 97.1. The lowest BCUT2D eigenvalue weighted by Crippen LogP contribution is -2.32. The number of benzene rings is 24. The highest BCUT2D eigenvalue weighted by Gasteiger charge is 2.55. The van der Waals surface area contributed by atoms with Crippen molar-refractivity contribution >= 4 is 173 Å². The first kappa shape index (κ1) is 80.1. The second-order valence-corrected chi connectivity index (χ2v) is 42.7. The molecule has 0 atom stereocenters. The van der Waals surface area contributed by atoms with Crippen molar-refractivity contribution in [2.24, 2.45) is 0 Å². The summed E-state index contributed by atoms with van der Waals surface area (Å²) in [6, 6.07) is 175. The summed E-state index contributed by atoms with van der Waals surface area (Å²) in [5, 5.41) is 20.2. The zero-order valence-corrected chi connectivity index (χ0v) is 81.1. The van der Waals surface area contributed by atoms with E-state index >= 15 is 0 Å². The van der Waals surface area contributed by atoms with Gasteiger partial charge in [-0.05, 0) is 245 Å². The summed E-state index contributed by atoms with van der Waals surface area (Å²) in [5.74, 6) is 5.10. The van der Waals surface area contributed by atoms with Crippen LogP contribution in [0.4, 0.5) is 0 Å². The Hall–Kier alpha value is -19.3. The third-order valence-corrected chi connectivity index (χ3v) is 35.9. The fourth-order valence-electron chi connectivity index (χ4n) is 28.8. The smallest absolute Gasteiger partial charge is 0.137 e. The van der Waals surface area contributed by atoms with Crippen molar-refractivity contribution < 1.29 is 23.0 Å². The summed E-state index contributed by atoms with van der Waals surface area (Å²) in [7, 11) is 0. The average Bonchev–Trinajstić information content (AvgIpc) is 1.51. The highest BCUT2D eigenvalue weighted by molar-refractivity contribution is 7.25. The van der Waals surface area contributed by atoms with Crippen LogP contribution in [0.1, 0.15) is 66.8 Å². The number of aromatic nitrogens is 3. The Morgan fingerprint density at radius 1 is 0.167 bits per heavy atom. The van der Waals surface area contributed by atoms with Crippen molar-refractivity contribution in [3.8, 4) is 107 Å². The molecule has 6 aromatic heterocycles. The largest absolute Gasteiger partial charge is 0.457 e. The molecule has 24 aromatic carbocycles. The first-order valence-electron chi connectivity index (χ1n) is 51.7. The van der Waals surface area contributed by atoms with Gasteiger partial charge >= 0.3 is 0 Å². The lowest BCUT2D eigenvalue weighted by molar-refractivity contribution is 0.437. The number of thiophene rings is 1. The fraction of sp³-hybridized carbons (Fsp3) is 0.0213. The van der Waals surface area contributed by atoms with E-state index in [-0.39, 0.29) is 0 Å². The topological polar surface area (TPSA) is 68.8 Å². The Balaban J connectivity index is 0.542. The van der Waals surface area contributed by atoms with Crippen LogP contribution in [0, 0.1) is 0 Å². The predicted molar refractivity (Wildman–Crippen MR) is 612 cm³/mol. The molecule has 3 spiro atoms. The molecule has 0 saturated carbocycles. The second-order valence-electron chi connectivity index (χ2n) is 41.6. The van der Waals surface area contributed by atoms with Crippen molar-refractivity contribution in [2.75, 3.05) is 0 Å². The number of fused-ring (bicyclic) bond motifs is 51. The van der Waals surface area contributed by atoms with Gasteiger partial charge < -0.3 is 36.7 Å². The number of hydrogen-bond donors (Lipinski definition) is 0. The SMILES string of the molecule is c1ccc2c(c1)Oc1cc3c4ccc5ccccc5c4n(-c4ccc5c(c4)sc4ccc(-c6cc7c8cc9c(cc8n(-c8ccc%10c(c8)oc8ccc(-c%11cc%12c%13cc%14c(cc%13n(-c%13ccc%15oc%16ccccc%16c%15c%13)c%12c%12ccccc%11%12)C%11(c%12ccccc%12O%14)c%12ccccc%12-c%12ccccc%12%11)cc8%10)c7c7ccccc67)C6(c7ccccc7O9)c7ccccc7-c7ccccc76)cc45)c3cc1C21c2ccccc2-c2ccccc21. The number of hydrogen-bond acceptors (Lipinski definition) is 6. The van der Waals surface area contributed by atoms with Gasteiger partial charge in [0.1, 0.15) is 56.8 Å². The van der Waals surface area contributed by atoms with Crippen molar-refractivity contribution in [2.45, 2.75) is 16.2 Å². The van der Waals surface area contributed by atoms with Crippen molar-refractivity contribution in [3.63, 3.8) is 0 Å². The van der Waals surface area contributed by atoms with Gasteiger partial charge in [0.05, 0.1) is 49.3 Å². The van der Waals surface area contributed by atoms with E-state index in [0.29, 0.717) is 0 Å². The molecule has 0 amide bonds. The number of rotatable bonds is 5. The molecule has 36 rings (SSSR count). The summed E-state index contributed by atoms with van der Waals surface area (Å²) in [6.07, 6.45) is 0. The number of nitrogens with zero attached hydrogens (tertiary/aromatic N) is 3. The number of ether oxygens (including phenoxy) is 3. The van der Waals surface area contributed by atoms with Crippen molar-refractivity contribution in [3.05, 3.63) is 534 Å². The van der Waals surface area contributed by atoms with E-state index in [4.69, 9.17) is 23.0 Å². The summed E-state index contributed by atoms with van der Waals surface area (Å²) in [5.41, 5.74) is 37.0. The maximum atomic E-state index is 7.48. The fourth-order valence-corrected chi connectivity index (χ4v) is 30.0. The molecule has 9 heteroatoms. The molecule has 692 valence electrons. The maximum absolute atomic E-state index is 7.48. The Morgan fingerprint density at radius 2 is 0.500 bits per heavy atom. The van der Waals surface area contributed by atoms with Crippen LogP contribution in [0.15, 0.2) is 476 Å². The average molecular weight is 1930 g/mol. The molecule has 0 unspecified atom stereocenters. The lowest BCUT2D eigenvalue weighted by Gasteiger charge is -2.39. The first-order chi connectivity index (χ1) is 74.3. The maximum Gasteiger partial charge on any atom is 0.137 e. The summed E-state index contributed by atoms with van der Waals surface area (Å²) >= 11 is 1.86. The molecule has 0 bridgehead atoms. The summed E-state index contributed by atoms with van der Waals surface area (Å²) in [4.78, 5) is 0. The Morgan fingerprint density at radius 3 is 0.993 bits per heavy atom. The molecule has 0 radical (unpaired) electrons. The minimum absolute atomic E-state index is 0.643. The minimum Gasteiger partial charge on any atom is -0.457 e. The van der Waals surface area contributed by atoms with Crippen LogP contribution in [0.5, 0.6) is 34.5 Å². The lowest BCUT2D eigenvalue weighted by atomic mass is 9.66. The predicted octanol–water partition coefficient (Wildman–Crippen LogP) is 37.3. The molecular weight excluding hydrogens is 1850 g/mol. The molecule has 3 aliphatic heterocycles. The quantitative estimate of drug-likeness (QED) is 0.172. The zero-order valence-electron chi connectivity index (χ0n) is 80.2. The Labute approximate surface area is 860 Å². The molecular formula is C141H77N3O5S. The second kappa shape index (κ2) is 28.7. The van der Waals surface area contributed by atoms with Crippen LogP contribution in [-0.2, 0) is 16.2 Å². The summed E-state index contributed by atoms with van der Waals surface area (Å²) < 4.78 is 46.1.